The molecule has 0 aliphatic carbocycles. The molecule has 1 rings (SSSR count). The Hall–Kier alpha value is -1.44. The molecule has 0 bridgehead atoms. The standard InChI is InChI=1S/C11H14O2/c1-4-5-9-7-10(13-3)6-8(2)11(9)12/h4,6-7,12H,1,5H2,2-3H3. The lowest BCUT2D eigenvalue weighted by Crippen LogP contribution is -1.90. The number of aromatic hydroxyl groups is 1. The fourth-order valence-electron chi connectivity index (χ4n) is 1.25. The predicted octanol–water partition coefficient (Wildman–Crippen LogP) is 2.44. The molecule has 1 N–H and O–H groups in total. The number of allylic oxidation sites excluding steroid dienone is 1. The second kappa shape index (κ2) is 3.99. The van der Waals surface area contributed by atoms with Gasteiger partial charge in [0.25, 0.3) is 0 Å². The maximum Gasteiger partial charge on any atom is 0.122 e. The van der Waals surface area contributed by atoms with Gasteiger partial charge in [-0.25, -0.2) is 0 Å². The van der Waals surface area contributed by atoms with Crippen LogP contribution in [0.1, 0.15) is 11.1 Å². The first-order valence-electron chi connectivity index (χ1n) is 4.16. The van der Waals surface area contributed by atoms with Crippen LogP contribution < -0.4 is 4.74 Å². The van der Waals surface area contributed by atoms with Gasteiger partial charge in [-0.3, -0.25) is 0 Å². The van der Waals surface area contributed by atoms with E-state index in [0.29, 0.717) is 12.2 Å². The van der Waals surface area contributed by atoms with Gasteiger partial charge in [0.15, 0.2) is 0 Å². The quantitative estimate of drug-likeness (QED) is 0.720. The van der Waals surface area contributed by atoms with E-state index in [4.69, 9.17) is 4.74 Å². The highest BCUT2D eigenvalue weighted by molar-refractivity contribution is 5.46. The molecule has 0 saturated carbocycles. The lowest BCUT2D eigenvalue weighted by molar-refractivity contribution is 0.410. The van der Waals surface area contributed by atoms with Gasteiger partial charge in [-0.1, -0.05) is 6.08 Å². The molecule has 0 atom stereocenters. The molecule has 0 aliphatic heterocycles. The van der Waals surface area contributed by atoms with E-state index in [1.807, 2.05) is 19.1 Å². The molecule has 1 aromatic rings. The van der Waals surface area contributed by atoms with Crippen LogP contribution in [0, 0.1) is 6.92 Å². The zero-order chi connectivity index (χ0) is 9.84. The number of phenolic OH excluding ortho intramolecular Hbond substituents is 1. The normalized spacial score (nSPS) is 9.69. The van der Waals surface area contributed by atoms with Crippen LogP contribution >= 0.6 is 0 Å². The Bertz CT molecular complexity index is 316. The Morgan fingerprint density at radius 2 is 2.23 bits per heavy atom. The highest BCUT2D eigenvalue weighted by Crippen LogP contribution is 2.27. The molecule has 1 aromatic carbocycles. The fourth-order valence-corrected chi connectivity index (χ4v) is 1.25. The largest absolute Gasteiger partial charge is 0.507 e. The van der Waals surface area contributed by atoms with Crippen LogP contribution in [0.5, 0.6) is 11.5 Å². The second-order valence-electron chi connectivity index (χ2n) is 2.94. The molecule has 70 valence electrons. The fraction of sp³-hybridized carbons (Fsp3) is 0.273. The van der Waals surface area contributed by atoms with Crippen molar-refractivity contribution in [1.29, 1.82) is 0 Å². The van der Waals surface area contributed by atoms with Crippen molar-refractivity contribution < 1.29 is 9.84 Å². The van der Waals surface area contributed by atoms with E-state index in [0.717, 1.165) is 16.9 Å². The Morgan fingerprint density at radius 1 is 1.54 bits per heavy atom. The molecule has 0 amide bonds. The van der Waals surface area contributed by atoms with Crippen molar-refractivity contribution in [2.24, 2.45) is 0 Å². The summed E-state index contributed by atoms with van der Waals surface area (Å²) in [6.07, 6.45) is 2.41. The first-order chi connectivity index (χ1) is 6.19. The summed E-state index contributed by atoms with van der Waals surface area (Å²) in [5.41, 5.74) is 1.68. The van der Waals surface area contributed by atoms with Crippen molar-refractivity contribution in [1.82, 2.24) is 0 Å². The van der Waals surface area contributed by atoms with Crippen molar-refractivity contribution >= 4 is 0 Å². The lowest BCUT2D eigenvalue weighted by atomic mass is 10.1. The van der Waals surface area contributed by atoms with Crippen LogP contribution in [-0.2, 0) is 6.42 Å². The molecule has 0 spiro atoms. The molecule has 0 unspecified atom stereocenters. The minimum atomic E-state index is 0.334. The van der Waals surface area contributed by atoms with Crippen LogP contribution in [0.25, 0.3) is 0 Å². The summed E-state index contributed by atoms with van der Waals surface area (Å²) in [5.74, 6) is 1.10. The summed E-state index contributed by atoms with van der Waals surface area (Å²) in [5, 5.41) is 9.65. The second-order valence-corrected chi connectivity index (χ2v) is 2.94. The number of rotatable bonds is 3. The SMILES string of the molecule is C=CCc1cc(OC)cc(C)c1O. The third-order valence-corrected chi connectivity index (χ3v) is 1.95. The monoisotopic (exact) mass is 178 g/mol. The predicted molar refractivity (Wildman–Crippen MR) is 53.3 cm³/mol. The molecule has 13 heavy (non-hydrogen) atoms. The maximum absolute atomic E-state index is 9.65. The number of ether oxygens (including phenoxy) is 1. The summed E-state index contributed by atoms with van der Waals surface area (Å²) in [6, 6.07) is 3.63. The van der Waals surface area contributed by atoms with Gasteiger partial charge in [-0.05, 0) is 31.0 Å². The van der Waals surface area contributed by atoms with Gasteiger partial charge in [0.05, 0.1) is 7.11 Å². The molecule has 2 heteroatoms. The van der Waals surface area contributed by atoms with Crippen LogP contribution in [0.15, 0.2) is 24.8 Å². The van der Waals surface area contributed by atoms with Crippen LogP contribution in [0.2, 0.25) is 0 Å². The summed E-state index contributed by atoms with van der Waals surface area (Å²) in [7, 11) is 1.61. The Labute approximate surface area is 78.5 Å². The van der Waals surface area contributed by atoms with Crippen LogP contribution in [0.4, 0.5) is 0 Å². The molecular weight excluding hydrogens is 164 g/mol. The van der Waals surface area contributed by atoms with Gasteiger partial charge < -0.3 is 9.84 Å². The molecule has 0 saturated heterocycles. The number of hydrogen-bond donors (Lipinski definition) is 1. The number of aryl methyl sites for hydroxylation is 1. The first kappa shape index (κ1) is 9.65. The number of benzene rings is 1. The first-order valence-corrected chi connectivity index (χ1v) is 4.16. The van der Waals surface area contributed by atoms with E-state index in [1.54, 1.807) is 13.2 Å². The van der Waals surface area contributed by atoms with E-state index >= 15 is 0 Å². The van der Waals surface area contributed by atoms with E-state index in [-0.39, 0.29) is 0 Å². The topological polar surface area (TPSA) is 29.5 Å². The zero-order valence-corrected chi connectivity index (χ0v) is 8.00. The number of methoxy groups -OCH3 is 1. The number of phenols is 1. The maximum atomic E-state index is 9.65. The molecular formula is C11H14O2. The summed E-state index contributed by atoms with van der Waals surface area (Å²) >= 11 is 0. The van der Waals surface area contributed by atoms with E-state index < -0.39 is 0 Å². The van der Waals surface area contributed by atoms with Gasteiger partial charge in [0, 0.05) is 5.56 Å². The molecule has 0 aromatic heterocycles. The smallest absolute Gasteiger partial charge is 0.122 e. The highest BCUT2D eigenvalue weighted by Gasteiger charge is 2.05. The van der Waals surface area contributed by atoms with Gasteiger partial charge in [-0.2, -0.15) is 0 Å². The van der Waals surface area contributed by atoms with Gasteiger partial charge in [0.1, 0.15) is 11.5 Å². The van der Waals surface area contributed by atoms with Crippen molar-refractivity contribution in [3.8, 4) is 11.5 Å². The third-order valence-electron chi connectivity index (χ3n) is 1.95. The van der Waals surface area contributed by atoms with Crippen LogP contribution in [0.3, 0.4) is 0 Å². The van der Waals surface area contributed by atoms with Crippen molar-refractivity contribution in [3.63, 3.8) is 0 Å². The average Bonchev–Trinajstić information content (AvgIpc) is 2.13. The molecule has 0 radical (unpaired) electrons. The van der Waals surface area contributed by atoms with E-state index in [1.165, 1.54) is 0 Å². The third kappa shape index (κ3) is 2.02. The van der Waals surface area contributed by atoms with Crippen molar-refractivity contribution in [2.75, 3.05) is 7.11 Å². The van der Waals surface area contributed by atoms with Crippen LogP contribution in [-0.4, -0.2) is 12.2 Å². The lowest BCUT2D eigenvalue weighted by Gasteiger charge is -2.08. The summed E-state index contributed by atoms with van der Waals surface area (Å²) in [6.45, 7) is 5.48. The highest BCUT2D eigenvalue weighted by atomic mass is 16.5. The molecule has 0 aliphatic rings. The van der Waals surface area contributed by atoms with Crippen molar-refractivity contribution in [2.45, 2.75) is 13.3 Å². The summed E-state index contributed by atoms with van der Waals surface area (Å²) in [4.78, 5) is 0. The molecule has 0 fully saturated rings. The van der Waals surface area contributed by atoms with E-state index in [2.05, 4.69) is 6.58 Å². The van der Waals surface area contributed by atoms with E-state index in [9.17, 15) is 5.11 Å². The van der Waals surface area contributed by atoms with Gasteiger partial charge in [-0.15, -0.1) is 6.58 Å². The Morgan fingerprint density at radius 3 is 2.77 bits per heavy atom. The number of hydrogen-bond acceptors (Lipinski definition) is 2. The minimum Gasteiger partial charge on any atom is -0.507 e. The Balaban J connectivity index is 3.15. The zero-order valence-electron chi connectivity index (χ0n) is 8.00. The average molecular weight is 178 g/mol. The van der Waals surface area contributed by atoms with Gasteiger partial charge >= 0.3 is 0 Å². The molecule has 0 heterocycles. The minimum absolute atomic E-state index is 0.334. The molecule has 2 nitrogen and oxygen atoms in total. The summed E-state index contributed by atoms with van der Waals surface area (Å²) < 4.78 is 5.09. The van der Waals surface area contributed by atoms with Crippen molar-refractivity contribution in [3.05, 3.63) is 35.9 Å². The Kier molecular flexibility index (Phi) is 2.96. The van der Waals surface area contributed by atoms with Gasteiger partial charge in [0.2, 0.25) is 0 Å².